The molecule has 4 nitrogen and oxygen atoms in total. The highest BCUT2D eigenvalue weighted by Gasteiger charge is 2.38. The lowest BCUT2D eigenvalue weighted by Gasteiger charge is -2.47. The number of rotatable bonds is 8. The number of halogens is 1. The van der Waals surface area contributed by atoms with Crippen LogP contribution in [0.15, 0.2) is 35.4 Å². The molecule has 1 amide bonds. The van der Waals surface area contributed by atoms with Crippen LogP contribution in [0.25, 0.3) is 6.08 Å². The Kier molecular flexibility index (Phi) is 7.74. The predicted octanol–water partition coefficient (Wildman–Crippen LogP) is 4.01. The van der Waals surface area contributed by atoms with Gasteiger partial charge in [-0.1, -0.05) is 41.9 Å². The number of fused-ring (bicyclic) bond motifs is 1. The summed E-state index contributed by atoms with van der Waals surface area (Å²) in [5.74, 6) is 0.882. The van der Waals surface area contributed by atoms with Crippen LogP contribution in [0.1, 0.15) is 38.2 Å². The van der Waals surface area contributed by atoms with Crippen LogP contribution in [-0.2, 0) is 9.53 Å². The number of hydrogen-bond acceptors (Lipinski definition) is 3. The number of nitrogens with zero attached hydrogens (tertiary/aromatic N) is 2. The second-order valence-corrected chi connectivity index (χ2v) is 8.01. The summed E-state index contributed by atoms with van der Waals surface area (Å²) in [6.07, 6.45) is 5.70. The molecule has 0 saturated carbocycles. The summed E-state index contributed by atoms with van der Waals surface area (Å²) in [5, 5.41) is 0.875. The highest BCUT2D eigenvalue weighted by atomic mass is 35.5. The van der Waals surface area contributed by atoms with Crippen molar-refractivity contribution in [3.05, 3.63) is 40.9 Å². The first-order chi connectivity index (χ1) is 13.2. The molecule has 0 spiro atoms. The molecule has 0 radical (unpaired) electrons. The third-order valence-corrected chi connectivity index (χ3v) is 5.85. The molecule has 3 rings (SSSR count). The number of amides is 1. The first kappa shape index (κ1) is 20.4. The van der Waals surface area contributed by atoms with Crippen LogP contribution in [0.2, 0.25) is 0 Å². The fraction of sp³-hybridized carbons (Fsp3) is 0.591. The van der Waals surface area contributed by atoms with Gasteiger partial charge in [0.1, 0.15) is 0 Å². The van der Waals surface area contributed by atoms with Crippen LogP contribution in [0.3, 0.4) is 0 Å². The third kappa shape index (κ3) is 5.81. The van der Waals surface area contributed by atoms with E-state index in [0.717, 1.165) is 69.3 Å². The van der Waals surface area contributed by atoms with Crippen molar-refractivity contribution in [2.75, 3.05) is 39.4 Å². The smallest absolute Gasteiger partial charge is 0.222 e. The summed E-state index contributed by atoms with van der Waals surface area (Å²) in [4.78, 5) is 17.0. The molecule has 2 heterocycles. The van der Waals surface area contributed by atoms with Crippen LogP contribution in [0, 0.1) is 5.92 Å². The average molecular weight is 391 g/mol. The summed E-state index contributed by atoms with van der Waals surface area (Å²) < 4.78 is 5.44. The average Bonchev–Trinajstić information content (AvgIpc) is 2.67. The number of piperidine rings is 2. The van der Waals surface area contributed by atoms with Crippen molar-refractivity contribution in [3.8, 4) is 0 Å². The first-order valence-corrected chi connectivity index (χ1v) is 10.6. The van der Waals surface area contributed by atoms with E-state index in [2.05, 4.69) is 28.0 Å². The second kappa shape index (κ2) is 10.3. The number of benzene rings is 1. The van der Waals surface area contributed by atoms with Gasteiger partial charge in [0, 0.05) is 56.9 Å². The van der Waals surface area contributed by atoms with Crippen molar-refractivity contribution >= 4 is 23.6 Å². The largest absolute Gasteiger partial charge is 0.382 e. The molecule has 2 aliphatic rings. The topological polar surface area (TPSA) is 32.8 Å². The molecule has 2 saturated heterocycles. The number of carbonyl (C=O) groups is 1. The zero-order valence-electron chi connectivity index (χ0n) is 16.3. The summed E-state index contributed by atoms with van der Waals surface area (Å²) in [5.41, 5.74) is 1.14. The van der Waals surface area contributed by atoms with Gasteiger partial charge in [0.15, 0.2) is 0 Å². The van der Waals surface area contributed by atoms with E-state index in [4.69, 9.17) is 16.3 Å². The molecule has 1 aromatic rings. The maximum atomic E-state index is 12.4. The molecule has 0 N–H and O–H groups in total. The van der Waals surface area contributed by atoms with Crippen LogP contribution in [-0.4, -0.2) is 61.1 Å². The van der Waals surface area contributed by atoms with E-state index in [1.54, 1.807) is 0 Å². The Morgan fingerprint density at radius 2 is 2.11 bits per heavy atom. The van der Waals surface area contributed by atoms with Crippen molar-refractivity contribution in [1.29, 1.82) is 0 Å². The van der Waals surface area contributed by atoms with Gasteiger partial charge in [0.05, 0.1) is 0 Å². The van der Waals surface area contributed by atoms with Gasteiger partial charge in [-0.15, -0.1) is 0 Å². The van der Waals surface area contributed by atoms with Crippen molar-refractivity contribution in [2.45, 2.75) is 38.6 Å². The van der Waals surface area contributed by atoms with E-state index >= 15 is 0 Å². The molecule has 0 aliphatic carbocycles. The molecule has 0 aromatic heterocycles. The lowest BCUT2D eigenvalue weighted by molar-refractivity contribution is -0.141. The Morgan fingerprint density at radius 3 is 2.89 bits per heavy atom. The summed E-state index contributed by atoms with van der Waals surface area (Å²) in [6.45, 7) is 7.13. The monoisotopic (exact) mass is 390 g/mol. The van der Waals surface area contributed by atoms with E-state index in [9.17, 15) is 4.79 Å². The second-order valence-electron chi connectivity index (χ2n) is 7.53. The molecular weight excluding hydrogens is 360 g/mol. The van der Waals surface area contributed by atoms with Gasteiger partial charge in [-0.25, -0.2) is 0 Å². The quantitative estimate of drug-likeness (QED) is 0.629. The molecule has 5 heteroatoms. The van der Waals surface area contributed by atoms with Crippen molar-refractivity contribution in [2.24, 2.45) is 5.92 Å². The zero-order chi connectivity index (χ0) is 19.1. The van der Waals surface area contributed by atoms with Crippen molar-refractivity contribution in [3.63, 3.8) is 0 Å². The normalized spacial score (nSPS) is 24.1. The standard InChI is InChI=1S/C22H31ClN2O2/c1-2-27-14-6-12-25-21-11-13-24(16-19(21)9-10-22(25)26)17-20(23)15-18-7-4-3-5-8-18/h3-5,7-8,15,19,21H,2,6,9-14,16-17H2,1H3/b20-15-/t19-,21+/m1/s1. The predicted molar refractivity (Wildman–Crippen MR) is 111 cm³/mol. The van der Waals surface area contributed by atoms with E-state index in [1.807, 2.05) is 25.1 Å². The summed E-state index contributed by atoms with van der Waals surface area (Å²) in [6, 6.07) is 10.6. The van der Waals surface area contributed by atoms with Gasteiger partial charge >= 0.3 is 0 Å². The fourth-order valence-electron chi connectivity index (χ4n) is 4.33. The van der Waals surface area contributed by atoms with Crippen LogP contribution >= 0.6 is 11.6 Å². The Hall–Kier alpha value is -1.36. The Bertz CT molecular complexity index is 634. The maximum Gasteiger partial charge on any atom is 0.222 e. The molecule has 0 bridgehead atoms. The minimum absolute atomic E-state index is 0.322. The van der Waals surface area contributed by atoms with E-state index in [1.165, 1.54) is 0 Å². The van der Waals surface area contributed by atoms with E-state index in [-0.39, 0.29) is 0 Å². The first-order valence-electron chi connectivity index (χ1n) is 10.2. The fourth-order valence-corrected chi connectivity index (χ4v) is 4.63. The minimum atomic E-state index is 0.322. The number of ether oxygens (including phenoxy) is 1. The number of hydrogen-bond donors (Lipinski definition) is 0. The molecule has 27 heavy (non-hydrogen) atoms. The van der Waals surface area contributed by atoms with Gasteiger partial charge in [0.2, 0.25) is 5.91 Å². The molecule has 2 aliphatic heterocycles. The summed E-state index contributed by atoms with van der Waals surface area (Å²) in [7, 11) is 0. The Labute approximate surface area is 168 Å². The summed E-state index contributed by atoms with van der Waals surface area (Å²) >= 11 is 6.51. The van der Waals surface area contributed by atoms with Crippen LogP contribution in [0.4, 0.5) is 0 Å². The maximum absolute atomic E-state index is 12.4. The van der Waals surface area contributed by atoms with Gasteiger partial charge < -0.3 is 9.64 Å². The zero-order valence-corrected chi connectivity index (χ0v) is 17.0. The molecule has 2 atom stereocenters. The van der Waals surface area contributed by atoms with Gasteiger partial charge in [-0.05, 0) is 43.7 Å². The number of carbonyl (C=O) groups excluding carboxylic acids is 1. The van der Waals surface area contributed by atoms with Crippen molar-refractivity contribution < 1.29 is 9.53 Å². The van der Waals surface area contributed by atoms with Gasteiger partial charge in [-0.3, -0.25) is 9.69 Å². The molecular formula is C22H31ClN2O2. The molecule has 2 fully saturated rings. The van der Waals surface area contributed by atoms with Crippen molar-refractivity contribution in [1.82, 2.24) is 9.80 Å². The molecule has 148 valence electrons. The van der Waals surface area contributed by atoms with E-state index < -0.39 is 0 Å². The van der Waals surface area contributed by atoms with E-state index in [0.29, 0.717) is 24.3 Å². The minimum Gasteiger partial charge on any atom is -0.382 e. The highest BCUT2D eigenvalue weighted by molar-refractivity contribution is 6.31. The Balaban J connectivity index is 1.53. The van der Waals surface area contributed by atoms with Crippen LogP contribution < -0.4 is 0 Å². The lowest BCUT2D eigenvalue weighted by Crippen LogP contribution is -2.56. The molecule has 0 unspecified atom stereocenters. The third-order valence-electron chi connectivity index (χ3n) is 5.62. The molecule has 1 aromatic carbocycles. The highest BCUT2D eigenvalue weighted by Crippen LogP contribution is 2.32. The van der Waals surface area contributed by atoms with Crippen LogP contribution in [0.5, 0.6) is 0 Å². The van der Waals surface area contributed by atoms with Gasteiger partial charge in [0.25, 0.3) is 0 Å². The number of likely N-dealkylation sites (tertiary alicyclic amines) is 2. The van der Waals surface area contributed by atoms with Gasteiger partial charge in [-0.2, -0.15) is 0 Å². The lowest BCUT2D eigenvalue weighted by atomic mass is 9.83. The Morgan fingerprint density at radius 1 is 1.30 bits per heavy atom. The SMILES string of the molecule is CCOCCCN1C(=O)CC[C@@H]2CN(C/C(Cl)=C/c3ccccc3)CC[C@@H]21.